The third-order valence-electron chi connectivity index (χ3n) is 2.73. The zero-order valence-electron chi connectivity index (χ0n) is 10.6. The zero-order chi connectivity index (χ0) is 13.7. The van der Waals surface area contributed by atoms with E-state index in [-0.39, 0.29) is 11.6 Å². The lowest BCUT2D eigenvalue weighted by Gasteiger charge is -2.09. The second-order valence-electron chi connectivity index (χ2n) is 4.18. The summed E-state index contributed by atoms with van der Waals surface area (Å²) < 4.78 is 18.8. The number of hydrogen-bond donors (Lipinski definition) is 1. The molecule has 4 heteroatoms. The van der Waals surface area contributed by atoms with Crippen LogP contribution in [0.4, 0.5) is 4.39 Å². The van der Waals surface area contributed by atoms with E-state index in [4.69, 9.17) is 16.3 Å². The Balaban J connectivity index is 2.00. The van der Waals surface area contributed by atoms with E-state index < -0.39 is 5.82 Å². The van der Waals surface area contributed by atoms with Crippen LogP contribution in [0.15, 0.2) is 42.5 Å². The SMILES string of the molecule is CNCc1ccc(OCc2cccc(F)c2Cl)cc1. The maximum absolute atomic E-state index is 13.2. The fourth-order valence-electron chi connectivity index (χ4n) is 1.73. The van der Waals surface area contributed by atoms with Gasteiger partial charge in [-0.05, 0) is 30.8 Å². The second kappa shape index (κ2) is 6.55. The van der Waals surface area contributed by atoms with Crippen molar-refractivity contribution in [3.05, 3.63) is 64.4 Å². The Kier molecular flexibility index (Phi) is 4.77. The predicted octanol–water partition coefficient (Wildman–Crippen LogP) is 3.78. The van der Waals surface area contributed by atoms with E-state index in [2.05, 4.69) is 5.32 Å². The molecule has 0 aliphatic heterocycles. The van der Waals surface area contributed by atoms with Crippen molar-refractivity contribution in [2.45, 2.75) is 13.2 Å². The lowest BCUT2D eigenvalue weighted by Crippen LogP contribution is -2.04. The number of ether oxygens (including phenoxy) is 1. The fraction of sp³-hybridized carbons (Fsp3) is 0.200. The molecule has 0 fully saturated rings. The molecule has 0 atom stereocenters. The van der Waals surface area contributed by atoms with Crippen molar-refractivity contribution < 1.29 is 9.13 Å². The summed E-state index contributed by atoms with van der Waals surface area (Å²) in [6.45, 7) is 1.07. The van der Waals surface area contributed by atoms with Gasteiger partial charge in [-0.3, -0.25) is 0 Å². The van der Waals surface area contributed by atoms with Crippen molar-refractivity contribution in [2.24, 2.45) is 0 Å². The Labute approximate surface area is 117 Å². The molecule has 2 aromatic carbocycles. The van der Waals surface area contributed by atoms with Gasteiger partial charge in [0.1, 0.15) is 18.2 Å². The second-order valence-corrected chi connectivity index (χ2v) is 4.55. The molecule has 0 spiro atoms. The standard InChI is InChI=1S/C15H15ClFNO/c1-18-9-11-5-7-13(8-6-11)19-10-12-3-2-4-14(17)15(12)16/h2-8,18H,9-10H2,1H3. The van der Waals surface area contributed by atoms with E-state index in [1.807, 2.05) is 31.3 Å². The van der Waals surface area contributed by atoms with Gasteiger partial charge in [0.2, 0.25) is 0 Å². The molecule has 1 N–H and O–H groups in total. The summed E-state index contributed by atoms with van der Waals surface area (Å²) in [6.07, 6.45) is 0. The first-order valence-electron chi connectivity index (χ1n) is 6.00. The van der Waals surface area contributed by atoms with E-state index in [1.165, 1.54) is 11.6 Å². The normalized spacial score (nSPS) is 10.5. The van der Waals surface area contributed by atoms with Gasteiger partial charge in [0.15, 0.2) is 0 Å². The quantitative estimate of drug-likeness (QED) is 0.899. The number of benzene rings is 2. The summed E-state index contributed by atoms with van der Waals surface area (Å²) in [5, 5.41) is 3.19. The highest BCUT2D eigenvalue weighted by Gasteiger charge is 2.06. The van der Waals surface area contributed by atoms with Crippen molar-refractivity contribution >= 4 is 11.6 Å². The van der Waals surface area contributed by atoms with Gasteiger partial charge in [0, 0.05) is 12.1 Å². The van der Waals surface area contributed by atoms with Crippen LogP contribution in [0.2, 0.25) is 5.02 Å². The smallest absolute Gasteiger partial charge is 0.142 e. The minimum atomic E-state index is -0.424. The molecule has 2 rings (SSSR count). The minimum absolute atomic E-state index is 0.120. The highest BCUT2D eigenvalue weighted by atomic mass is 35.5. The average molecular weight is 280 g/mol. The highest BCUT2D eigenvalue weighted by Crippen LogP contribution is 2.21. The molecule has 0 saturated heterocycles. The van der Waals surface area contributed by atoms with Crippen LogP contribution < -0.4 is 10.1 Å². The van der Waals surface area contributed by atoms with Crippen LogP contribution in [-0.4, -0.2) is 7.05 Å². The molecule has 0 bridgehead atoms. The third-order valence-corrected chi connectivity index (χ3v) is 3.15. The van der Waals surface area contributed by atoms with E-state index in [0.29, 0.717) is 5.56 Å². The maximum Gasteiger partial charge on any atom is 0.142 e. The molecule has 100 valence electrons. The van der Waals surface area contributed by atoms with Crippen molar-refractivity contribution in [2.75, 3.05) is 7.05 Å². The summed E-state index contributed by atoms with van der Waals surface area (Å²) in [6, 6.07) is 12.5. The summed E-state index contributed by atoms with van der Waals surface area (Å²) >= 11 is 5.86. The van der Waals surface area contributed by atoms with Gasteiger partial charge in [0.25, 0.3) is 0 Å². The molecule has 0 heterocycles. The van der Waals surface area contributed by atoms with Crippen LogP contribution in [0.5, 0.6) is 5.75 Å². The van der Waals surface area contributed by atoms with Crippen molar-refractivity contribution in [3.8, 4) is 5.75 Å². The number of rotatable bonds is 5. The lowest BCUT2D eigenvalue weighted by molar-refractivity contribution is 0.305. The number of hydrogen-bond acceptors (Lipinski definition) is 2. The molecule has 0 amide bonds. The Bertz CT molecular complexity index is 542. The van der Waals surface area contributed by atoms with Crippen LogP contribution in [0.1, 0.15) is 11.1 Å². The molecule has 0 saturated carbocycles. The summed E-state index contributed by atoms with van der Waals surface area (Å²) in [5.41, 5.74) is 1.82. The molecule has 0 aliphatic carbocycles. The van der Waals surface area contributed by atoms with Crippen LogP contribution in [-0.2, 0) is 13.2 Å². The van der Waals surface area contributed by atoms with Gasteiger partial charge < -0.3 is 10.1 Å². The Morgan fingerprint density at radius 2 is 1.89 bits per heavy atom. The van der Waals surface area contributed by atoms with Crippen LogP contribution in [0.25, 0.3) is 0 Å². The largest absolute Gasteiger partial charge is 0.489 e. The van der Waals surface area contributed by atoms with Crippen molar-refractivity contribution in [3.63, 3.8) is 0 Å². The molecule has 19 heavy (non-hydrogen) atoms. The third kappa shape index (κ3) is 3.69. The molecular weight excluding hydrogens is 265 g/mol. The van der Waals surface area contributed by atoms with Crippen molar-refractivity contribution in [1.29, 1.82) is 0 Å². The van der Waals surface area contributed by atoms with Gasteiger partial charge in [-0.25, -0.2) is 4.39 Å². The number of nitrogens with one attached hydrogen (secondary N) is 1. The summed E-state index contributed by atoms with van der Waals surface area (Å²) in [5.74, 6) is 0.312. The average Bonchev–Trinajstić information content (AvgIpc) is 2.42. The molecule has 2 aromatic rings. The van der Waals surface area contributed by atoms with Gasteiger partial charge in [0.05, 0.1) is 5.02 Å². The fourth-order valence-corrected chi connectivity index (χ4v) is 1.91. The highest BCUT2D eigenvalue weighted by molar-refractivity contribution is 6.31. The first kappa shape index (κ1) is 13.8. The summed E-state index contributed by atoms with van der Waals surface area (Å²) in [7, 11) is 1.90. The van der Waals surface area contributed by atoms with Crippen LogP contribution in [0, 0.1) is 5.82 Å². The van der Waals surface area contributed by atoms with E-state index >= 15 is 0 Å². The minimum Gasteiger partial charge on any atom is -0.489 e. The van der Waals surface area contributed by atoms with Crippen molar-refractivity contribution in [1.82, 2.24) is 5.32 Å². The zero-order valence-corrected chi connectivity index (χ0v) is 11.4. The molecule has 0 radical (unpaired) electrons. The molecule has 2 nitrogen and oxygen atoms in total. The topological polar surface area (TPSA) is 21.3 Å². The van der Waals surface area contributed by atoms with Gasteiger partial charge >= 0.3 is 0 Å². The molecule has 0 unspecified atom stereocenters. The van der Waals surface area contributed by atoms with Crippen LogP contribution >= 0.6 is 11.6 Å². The molecule has 0 aliphatic rings. The van der Waals surface area contributed by atoms with E-state index in [1.54, 1.807) is 12.1 Å². The Morgan fingerprint density at radius 1 is 1.16 bits per heavy atom. The van der Waals surface area contributed by atoms with Gasteiger partial charge in [-0.15, -0.1) is 0 Å². The Hall–Kier alpha value is -1.58. The van der Waals surface area contributed by atoms with Crippen LogP contribution in [0.3, 0.4) is 0 Å². The molecule has 0 aromatic heterocycles. The monoisotopic (exact) mass is 279 g/mol. The first-order valence-corrected chi connectivity index (χ1v) is 6.37. The van der Waals surface area contributed by atoms with Gasteiger partial charge in [-0.1, -0.05) is 35.9 Å². The summed E-state index contributed by atoms with van der Waals surface area (Å²) in [4.78, 5) is 0. The molecular formula is C15H15ClFNO. The van der Waals surface area contributed by atoms with E-state index in [9.17, 15) is 4.39 Å². The van der Waals surface area contributed by atoms with Gasteiger partial charge in [-0.2, -0.15) is 0 Å². The predicted molar refractivity (Wildman–Crippen MR) is 74.9 cm³/mol. The lowest BCUT2D eigenvalue weighted by atomic mass is 10.2. The van der Waals surface area contributed by atoms with E-state index in [0.717, 1.165) is 12.3 Å². The first-order chi connectivity index (χ1) is 9.20. The maximum atomic E-state index is 13.2. The number of halogens is 2. The Morgan fingerprint density at radius 3 is 2.58 bits per heavy atom.